The second-order valence-corrected chi connectivity index (χ2v) is 8.78. The number of benzene rings is 2. The Balaban J connectivity index is 1.46. The number of amides is 2. The van der Waals surface area contributed by atoms with Gasteiger partial charge in [0.05, 0.1) is 24.3 Å². The lowest BCUT2D eigenvalue weighted by Gasteiger charge is -2.36. The van der Waals surface area contributed by atoms with Crippen molar-refractivity contribution in [1.29, 1.82) is 0 Å². The van der Waals surface area contributed by atoms with E-state index in [1.54, 1.807) is 0 Å². The Morgan fingerprint density at radius 1 is 1.12 bits per heavy atom. The number of nitrogens with one attached hydrogen (secondary N) is 2. The van der Waals surface area contributed by atoms with Crippen LogP contribution in [-0.2, 0) is 20.7 Å². The van der Waals surface area contributed by atoms with E-state index in [1.807, 2.05) is 0 Å². The third-order valence-electron chi connectivity index (χ3n) is 6.17. The molecule has 0 saturated carbocycles. The second kappa shape index (κ2) is 10.5. The monoisotopic (exact) mass is 474 g/mol. The average Bonchev–Trinajstić information content (AvgIpc) is 2.82. The van der Waals surface area contributed by atoms with Crippen molar-refractivity contribution >= 4 is 34.8 Å². The maximum Gasteiger partial charge on any atom is 0.313 e. The van der Waals surface area contributed by atoms with Crippen molar-refractivity contribution in [2.75, 3.05) is 56.7 Å². The quantitative estimate of drug-likeness (QED) is 0.652. The van der Waals surface area contributed by atoms with Crippen LogP contribution in [0, 0.1) is 5.82 Å². The first kappa shape index (κ1) is 23.5. The Kier molecular flexibility index (Phi) is 7.47. The molecule has 2 amide bonds. The SMILES string of the molecule is CN1CCCc2cc([C@@H](CNC(=O)C(=O)Nc3ccc(F)c(Cl)c3)N3CCOCC3)ccc21. The molecule has 0 spiro atoms. The van der Waals surface area contributed by atoms with Crippen molar-refractivity contribution in [2.24, 2.45) is 0 Å². The first-order valence-corrected chi connectivity index (χ1v) is 11.5. The van der Waals surface area contributed by atoms with Gasteiger partial charge in [0.15, 0.2) is 0 Å². The molecular formula is C24H28ClFN4O3. The number of anilines is 2. The van der Waals surface area contributed by atoms with Crippen LogP contribution in [0.15, 0.2) is 36.4 Å². The number of hydrogen-bond acceptors (Lipinski definition) is 5. The highest BCUT2D eigenvalue weighted by Gasteiger charge is 2.26. The van der Waals surface area contributed by atoms with Crippen LogP contribution < -0.4 is 15.5 Å². The van der Waals surface area contributed by atoms with Gasteiger partial charge < -0.3 is 20.3 Å². The fourth-order valence-electron chi connectivity index (χ4n) is 4.39. The molecule has 2 N–H and O–H groups in total. The largest absolute Gasteiger partial charge is 0.379 e. The molecule has 9 heteroatoms. The minimum Gasteiger partial charge on any atom is -0.379 e. The molecule has 1 saturated heterocycles. The highest BCUT2D eigenvalue weighted by molar-refractivity contribution is 6.39. The van der Waals surface area contributed by atoms with Gasteiger partial charge in [-0.15, -0.1) is 0 Å². The van der Waals surface area contributed by atoms with Crippen molar-refractivity contribution in [3.05, 3.63) is 58.4 Å². The molecule has 2 aliphatic heterocycles. The molecule has 0 radical (unpaired) electrons. The Bertz CT molecular complexity index is 1030. The first-order valence-electron chi connectivity index (χ1n) is 11.1. The molecule has 2 heterocycles. The van der Waals surface area contributed by atoms with E-state index in [0.717, 1.165) is 44.1 Å². The summed E-state index contributed by atoms with van der Waals surface area (Å²) in [6.07, 6.45) is 2.14. The fraction of sp³-hybridized carbons (Fsp3) is 0.417. The zero-order valence-electron chi connectivity index (χ0n) is 18.6. The Hall–Kier alpha value is -2.68. The van der Waals surface area contributed by atoms with Gasteiger partial charge in [-0.1, -0.05) is 23.7 Å². The number of rotatable bonds is 5. The lowest BCUT2D eigenvalue weighted by Crippen LogP contribution is -2.45. The number of fused-ring (bicyclic) bond motifs is 1. The molecule has 0 unspecified atom stereocenters. The Labute approximate surface area is 197 Å². The van der Waals surface area contributed by atoms with Gasteiger partial charge in [-0.3, -0.25) is 14.5 Å². The van der Waals surface area contributed by atoms with Crippen LogP contribution in [0.2, 0.25) is 5.02 Å². The molecule has 2 aromatic carbocycles. The van der Waals surface area contributed by atoms with Crippen LogP contribution in [0.4, 0.5) is 15.8 Å². The van der Waals surface area contributed by atoms with Gasteiger partial charge in [0.2, 0.25) is 0 Å². The number of aryl methyl sites for hydroxylation is 1. The zero-order chi connectivity index (χ0) is 23.4. The summed E-state index contributed by atoms with van der Waals surface area (Å²) in [5.74, 6) is -2.18. The minimum absolute atomic E-state index is 0.0801. The average molecular weight is 475 g/mol. The highest BCUT2D eigenvalue weighted by atomic mass is 35.5. The van der Waals surface area contributed by atoms with Gasteiger partial charge >= 0.3 is 11.8 Å². The van der Waals surface area contributed by atoms with E-state index < -0.39 is 17.6 Å². The number of carbonyl (C=O) groups excluding carboxylic acids is 2. The van der Waals surface area contributed by atoms with E-state index in [9.17, 15) is 14.0 Å². The normalized spacial score (nSPS) is 17.2. The predicted molar refractivity (Wildman–Crippen MR) is 126 cm³/mol. The standard InChI is InChI=1S/C24H28ClFN4O3/c1-29-8-2-3-16-13-17(4-7-21(16)29)22(30-9-11-33-12-10-30)15-27-23(31)24(32)28-18-5-6-20(26)19(25)14-18/h4-7,13-14,22H,2-3,8-12,15H2,1H3,(H,27,31)(H,28,32)/t22-/m1/s1. The molecule has 0 bridgehead atoms. The van der Waals surface area contributed by atoms with E-state index in [2.05, 4.69) is 45.7 Å². The highest BCUT2D eigenvalue weighted by Crippen LogP contribution is 2.31. The molecule has 2 aliphatic rings. The molecule has 176 valence electrons. The molecule has 7 nitrogen and oxygen atoms in total. The molecule has 33 heavy (non-hydrogen) atoms. The number of morpholine rings is 1. The molecule has 4 rings (SSSR count). The Morgan fingerprint density at radius 2 is 1.91 bits per heavy atom. The van der Waals surface area contributed by atoms with Crippen molar-refractivity contribution < 1.29 is 18.7 Å². The summed E-state index contributed by atoms with van der Waals surface area (Å²) >= 11 is 5.75. The van der Waals surface area contributed by atoms with Gasteiger partial charge in [-0.2, -0.15) is 0 Å². The number of carbonyl (C=O) groups is 2. The molecular weight excluding hydrogens is 447 g/mol. The molecule has 1 fully saturated rings. The van der Waals surface area contributed by atoms with Crippen molar-refractivity contribution in [1.82, 2.24) is 10.2 Å². The van der Waals surface area contributed by atoms with Crippen LogP contribution in [-0.4, -0.2) is 63.2 Å². The minimum atomic E-state index is -0.828. The van der Waals surface area contributed by atoms with Gasteiger partial charge in [0.1, 0.15) is 5.82 Å². The number of ether oxygens (including phenoxy) is 1. The van der Waals surface area contributed by atoms with E-state index in [1.165, 1.54) is 23.4 Å². The summed E-state index contributed by atoms with van der Waals surface area (Å²) in [4.78, 5) is 29.4. The molecule has 2 aromatic rings. The summed E-state index contributed by atoms with van der Waals surface area (Å²) in [5, 5.41) is 5.09. The van der Waals surface area contributed by atoms with Gasteiger partial charge in [0.25, 0.3) is 0 Å². The summed E-state index contributed by atoms with van der Waals surface area (Å²) in [7, 11) is 2.10. The van der Waals surface area contributed by atoms with E-state index in [4.69, 9.17) is 16.3 Å². The predicted octanol–water partition coefficient (Wildman–Crippen LogP) is 2.99. The van der Waals surface area contributed by atoms with Crippen molar-refractivity contribution in [3.8, 4) is 0 Å². The maximum absolute atomic E-state index is 13.3. The van der Waals surface area contributed by atoms with E-state index in [0.29, 0.717) is 13.2 Å². The van der Waals surface area contributed by atoms with Crippen LogP contribution >= 0.6 is 11.6 Å². The molecule has 1 atom stereocenters. The maximum atomic E-state index is 13.3. The second-order valence-electron chi connectivity index (χ2n) is 8.37. The van der Waals surface area contributed by atoms with Crippen molar-refractivity contribution in [3.63, 3.8) is 0 Å². The number of nitrogens with zero attached hydrogens (tertiary/aromatic N) is 2. The summed E-state index contributed by atoms with van der Waals surface area (Å²) in [6, 6.07) is 10.1. The molecule has 0 aromatic heterocycles. The topological polar surface area (TPSA) is 73.9 Å². The van der Waals surface area contributed by atoms with Crippen LogP contribution in [0.1, 0.15) is 23.6 Å². The lowest BCUT2D eigenvalue weighted by molar-refractivity contribution is -0.136. The Morgan fingerprint density at radius 3 is 2.67 bits per heavy atom. The van der Waals surface area contributed by atoms with Gasteiger partial charge in [0, 0.05) is 44.6 Å². The summed E-state index contributed by atoms with van der Waals surface area (Å²) in [5.41, 5.74) is 3.91. The first-order chi connectivity index (χ1) is 15.9. The van der Waals surface area contributed by atoms with Crippen LogP contribution in [0.25, 0.3) is 0 Å². The van der Waals surface area contributed by atoms with Crippen molar-refractivity contribution in [2.45, 2.75) is 18.9 Å². The van der Waals surface area contributed by atoms with Gasteiger partial charge in [-0.05, 0) is 48.2 Å². The summed E-state index contributed by atoms with van der Waals surface area (Å²) in [6.45, 7) is 4.08. The number of hydrogen-bond donors (Lipinski definition) is 2. The van der Waals surface area contributed by atoms with Crippen LogP contribution in [0.3, 0.4) is 0 Å². The zero-order valence-corrected chi connectivity index (χ0v) is 19.3. The third kappa shape index (κ3) is 5.63. The third-order valence-corrected chi connectivity index (χ3v) is 6.45. The lowest BCUT2D eigenvalue weighted by atomic mass is 9.95. The van der Waals surface area contributed by atoms with Crippen LogP contribution in [0.5, 0.6) is 0 Å². The number of halogens is 2. The van der Waals surface area contributed by atoms with E-state index >= 15 is 0 Å². The molecule has 0 aliphatic carbocycles. The van der Waals surface area contributed by atoms with E-state index in [-0.39, 0.29) is 23.3 Å². The summed E-state index contributed by atoms with van der Waals surface area (Å²) < 4.78 is 18.8. The van der Waals surface area contributed by atoms with Gasteiger partial charge in [-0.25, -0.2) is 4.39 Å². The fourth-order valence-corrected chi connectivity index (χ4v) is 4.57. The smallest absolute Gasteiger partial charge is 0.313 e.